The van der Waals surface area contributed by atoms with Crippen molar-refractivity contribution >= 4 is 6.21 Å². The van der Waals surface area contributed by atoms with E-state index in [1.807, 2.05) is 38.1 Å². The molecule has 1 unspecified atom stereocenters. The number of benzene rings is 1. The minimum Gasteiger partial charge on any atom is -0.491 e. The van der Waals surface area contributed by atoms with Gasteiger partial charge in [0.15, 0.2) is 5.79 Å². The molecule has 5 heteroatoms. The van der Waals surface area contributed by atoms with Crippen LogP contribution in [0.25, 0.3) is 0 Å². The lowest BCUT2D eigenvalue weighted by molar-refractivity contribution is -0.141. The summed E-state index contributed by atoms with van der Waals surface area (Å²) >= 11 is 0. The van der Waals surface area contributed by atoms with Gasteiger partial charge >= 0.3 is 0 Å². The molecule has 5 nitrogen and oxygen atoms in total. The fraction of sp³-hybridized carbons (Fsp3) is 0.462. The van der Waals surface area contributed by atoms with Gasteiger partial charge < -0.3 is 19.4 Å². The molecule has 1 atom stereocenters. The first kappa shape index (κ1) is 12.9. The molecular formula is C13H17NO4. The Balaban J connectivity index is 1.83. The van der Waals surface area contributed by atoms with Gasteiger partial charge in [-0.2, -0.15) is 0 Å². The molecule has 0 radical (unpaired) electrons. The van der Waals surface area contributed by atoms with E-state index in [2.05, 4.69) is 5.16 Å². The third kappa shape index (κ3) is 3.45. The van der Waals surface area contributed by atoms with E-state index < -0.39 is 5.79 Å². The normalized spacial score (nSPS) is 22.4. The fourth-order valence-electron chi connectivity index (χ4n) is 1.75. The average Bonchev–Trinajstić information content (AvgIpc) is 2.69. The smallest absolute Gasteiger partial charge is 0.163 e. The van der Waals surface area contributed by atoms with Gasteiger partial charge in [0.25, 0.3) is 0 Å². The molecule has 1 fully saturated rings. The van der Waals surface area contributed by atoms with Crippen LogP contribution in [0.15, 0.2) is 29.4 Å². The first-order chi connectivity index (χ1) is 8.59. The van der Waals surface area contributed by atoms with Crippen LogP contribution in [0.3, 0.4) is 0 Å². The molecule has 0 aromatic heterocycles. The van der Waals surface area contributed by atoms with E-state index in [9.17, 15) is 0 Å². The van der Waals surface area contributed by atoms with Gasteiger partial charge in [-0.05, 0) is 43.7 Å². The lowest BCUT2D eigenvalue weighted by Gasteiger charge is -2.17. The molecule has 1 N–H and O–H groups in total. The Bertz CT molecular complexity index is 414. The Morgan fingerprint density at radius 2 is 2.17 bits per heavy atom. The zero-order valence-corrected chi connectivity index (χ0v) is 10.5. The summed E-state index contributed by atoms with van der Waals surface area (Å²) < 4.78 is 16.7. The van der Waals surface area contributed by atoms with Crippen molar-refractivity contribution in [3.8, 4) is 5.75 Å². The van der Waals surface area contributed by atoms with Gasteiger partial charge in [0, 0.05) is 0 Å². The standard InChI is InChI=1S/C13H17NO4/c1-13(2)17-9-12(18-13)8-16-11-5-3-10(4-6-11)7-14-15/h3-7,12,15H,8-9H2,1-2H3/b14-7+. The highest BCUT2D eigenvalue weighted by molar-refractivity contribution is 5.79. The second-order valence-corrected chi connectivity index (χ2v) is 4.58. The van der Waals surface area contributed by atoms with E-state index in [4.69, 9.17) is 19.4 Å². The Labute approximate surface area is 106 Å². The average molecular weight is 251 g/mol. The van der Waals surface area contributed by atoms with Gasteiger partial charge in [-0.3, -0.25) is 0 Å². The van der Waals surface area contributed by atoms with Crippen molar-refractivity contribution in [1.82, 2.24) is 0 Å². The number of ether oxygens (including phenoxy) is 3. The predicted octanol–water partition coefficient (Wildman–Crippen LogP) is 2.02. The van der Waals surface area contributed by atoms with E-state index >= 15 is 0 Å². The maximum Gasteiger partial charge on any atom is 0.163 e. The molecule has 0 spiro atoms. The minimum absolute atomic E-state index is 0.0429. The van der Waals surface area contributed by atoms with Crippen LogP contribution < -0.4 is 4.74 Å². The zero-order chi connectivity index (χ0) is 13.0. The van der Waals surface area contributed by atoms with Crippen molar-refractivity contribution in [2.24, 2.45) is 5.16 Å². The summed E-state index contributed by atoms with van der Waals surface area (Å²) in [5.74, 6) is 0.230. The first-order valence-electron chi connectivity index (χ1n) is 5.81. The fourth-order valence-corrected chi connectivity index (χ4v) is 1.75. The molecule has 0 saturated carbocycles. The number of hydrogen-bond acceptors (Lipinski definition) is 5. The zero-order valence-electron chi connectivity index (χ0n) is 10.5. The van der Waals surface area contributed by atoms with Gasteiger partial charge in [0.1, 0.15) is 18.5 Å². The van der Waals surface area contributed by atoms with E-state index in [1.165, 1.54) is 6.21 Å². The Kier molecular flexibility index (Phi) is 3.84. The van der Waals surface area contributed by atoms with Crippen LogP contribution in [0, 0.1) is 0 Å². The lowest BCUT2D eigenvalue weighted by atomic mass is 10.2. The summed E-state index contributed by atoms with van der Waals surface area (Å²) in [4.78, 5) is 0. The van der Waals surface area contributed by atoms with Crippen LogP contribution in [-0.2, 0) is 9.47 Å². The number of nitrogens with zero attached hydrogens (tertiary/aromatic N) is 1. The summed E-state index contributed by atoms with van der Waals surface area (Å²) in [6.07, 6.45) is 1.32. The van der Waals surface area contributed by atoms with Gasteiger partial charge in [-0.25, -0.2) is 0 Å². The first-order valence-corrected chi connectivity index (χ1v) is 5.81. The van der Waals surface area contributed by atoms with Gasteiger partial charge in [0.2, 0.25) is 0 Å². The molecule has 2 rings (SSSR count). The predicted molar refractivity (Wildman–Crippen MR) is 66.2 cm³/mol. The van der Waals surface area contributed by atoms with Crippen LogP contribution in [0.1, 0.15) is 19.4 Å². The molecule has 98 valence electrons. The molecular weight excluding hydrogens is 234 g/mol. The quantitative estimate of drug-likeness (QED) is 0.505. The summed E-state index contributed by atoms with van der Waals surface area (Å²) in [5, 5.41) is 11.4. The molecule has 1 aliphatic rings. The number of oxime groups is 1. The van der Waals surface area contributed by atoms with Crippen molar-refractivity contribution < 1.29 is 19.4 Å². The maximum atomic E-state index is 8.39. The second kappa shape index (κ2) is 5.37. The SMILES string of the molecule is CC1(C)OCC(COc2ccc(/C=N/O)cc2)O1. The van der Waals surface area contributed by atoms with E-state index in [-0.39, 0.29) is 6.10 Å². The Morgan fingerprint density at radius 3 is 2.72 bits per heavy atom. The van der Waals surface area contributed by atoms with E-state index in [0.29, 0.717) is 13.2 Å². The summed E-state index contributed by atoms with van der Waals surface area (Å²) in [5.41, 5.74) is 0.812. The molecule has 18 heavy (non-hydrogen) atoms. The second-order valence-electron chi connectivity index (χ2n) is 4.58. The molecule has 0 amide bonds. The maximum absolute atomic E-state index is 8.39. The molecule has 1 aromatic rings. The van der Waals surface area contributed by atoms with Crippen LogP contribution in [0.2, 0.25) is 0 Å². The van der Waals surface area contributed by atoms with Crippen LogP contribution in [0.4, 0.5) is 0 Å². The third-order valence-electron chi connectivity index (χ3n) is 2.59. The highest BCUT2D eigenvalue weighted by Gasteiger charge is 2.32. The van der Waals surface area contributed by atoms with E-state index in [0.717, 1.165) is 11.3 Å². The van der Waals surface area contributed by atoms with Crippen molar-refractivity contribution in [3.05, 3.63) is 29.8 Å². The molecule has 0 aliphatic carbocycles. The van der Waals surface area contributed by atoms with Crippen molar-refractivity contribution in [2.75, 3.05) is 13.2 Å². The van der Waals surface area contributed by atoms with Gasteiger partial charge in [-0.15, -0.1) is 0 Å². The summed E-state index contributed by atoms with van der Waals surface area (Å²) in [6.45, 7) is 4.77. The van der Waals surface area contributed by atoms with Gasteiger partial charge in [-0.1, -0.05) is 5.16 Å². The molecule has 1 aromatic carbocycles. The largest absolute Gasteiger partial charge is 0.491 e. The van der Waals surface area contributed by atoms with Crippen molar-refractivity contribution in [1.29, 1.82) is 0 Å². The number of hydrogen-bond donors (Lipinski definition) is 1. The van der Waals surface area contributed by atoms with Crippen molar-refractivity contribution in [3.63, 3.8) is 0 Å². The van der Waals surface area contributed by atoms with Crippen LogP contribution >= 0.6 is 0 Å². The Hall–Kier alpha value is -1.59. The molecule has 1 saturated heterocycles. The summed E-state index contributed by atoms with van der Waals surface area (Å²) in [7, 11) is 0. The molecule has 1 heterocycles. The monoisotopic (exact) mass is 251 g/mol. The number of rotatable bonds is 4. The van der Waals surface area contributed by atoms with Gasteiger partial charge in [0.05, 0.1) is 12.8 Å². The summed E-state index contributed by atoms with van der Waals surface area (Å²) in [6, 6.07) is 7.26. The van der Waals surface area contributed by atoms with Crippen LogP contribution in [0.5, 0.6) is 5.75 Å². The molecule has 1 aliphatic heterocycles. The minimum atomic E-state index is -0.518. The highest BCUT2D eigenvalue weighted by atomic mass is 16.7. The Morgan fingerprint density at radius 1 is 1.44 bits per heavy atom. The van der Waals surface area contributed by atoms with Crippen molar-refractivity contribution in [2.45, 2.75) is 25.7 Å². The third-order valence-corrected chi connectivity index (χ3v) is 2.59. The lowest BCUT2D eigenvalue weighted by Crippen LogP contribution is -2.25. The topological polar surface area (TPSA) is 60.3 Å². The van der Waals surface area contributed by atoms with E-state index in [1.54, 1.807) is 0 Å². The van der Waals surface area contributed by atoms with Crippen LogP contribution in [-0.4, -0.2) is 36.5 Å². The highest BCUT2D eigenvalue weighted by Crippen LogP contribution is 2.23. The molecule has 0 bridgehead atoms.